The third kappa shape index (κ3) is 17.3. The lowest BCUT2D eigenvalue weighted by atomic mass is 9.86. The molecule has 2 fully saturated rings. The highest BCUT2D eigenvalue weighted by molar-refractivity contribution is 5.98. The maximum atomic E-state index is 13.8. The number of anilines is 2. The molecule has 6 aromatic rings. The van der Waals surface area contributed by atoms with Crippen LogP contribution < -0.4 is 20.9 Å². The van der Waals surface area contributed by atoms with Crippen LogP contribution >= 0.6 is 0 Å². The molecule has 0 saturated carbocycles. The Morgan fingerprint density at radius 3 is 1.23 bits per heavy atom. The largest absolute Gasteiger partial charge is 0.507 e. The number of piperidine rings is 2. The summed E-state index contributed by atoms with van der Waals surface area (Å²) in [5, 5.41) is 20.8. The Labute approximate surface area is 493 Å². The molecule has 2 aliphatic heterocycles. The van der Waals surface area contributed by atoms with Crippen LogP contribution in [0, 0.1) is 0 Å². The van der Waals surface area contributed by atoms with Crippen molar-refractivity contribution in [3.05, 3.63) is 143 Å². The highest BCUT2D eigenvalue weighted by Crippen LogP contribution is 2.44. The molecule has 8 rings (SSSR count). The van der Waals surface area contributed by atoms with Gasteiger partial charge in [-0.25, -0.2) is 29.1 Å². The van der Waals surface area contributed by atoms with Gasteiger partial charge in [0, 0.05) is 38.0 Å². The summed E-state index contributed by atoms with van der Waals surface area (Å²) in [5.74, 6) is -0.990. The molecule has 4 aromatic carbocycles. The van der Waals surface area contributed by atoms with Gasteiger partial charge in [0.2, 0.25) is 0 Å². The van der Waals surface area contributed by atoms with E-state index in [1.54, 1.807) is 36.6 Å². The molecule has 448 valence electrons. The van der Waals surface area contributed by atoms with Gasteiger partial charge in [0.05, 0.1) is 22.5 Å². The molecule has 18 heteroatoms. The van der Waals surface area contributed by atoms with Crippen molar-refractivity contribution in [2.75, 3.05) is 37.6 Å². The van der Waals surface area contributed by atoms with Crippen molar-refractivity contribution in [3.63, 3.8) is 0 Å². The zero-order valence-electron chi connectivity index (χ0n) is 50.5. The van der Waals surface area contributed by atoms with Gasteiger partial charge < -0.3 is 59.9 Å². The third-order valence-corrected chi connectivity index (χ3v) is 13.4. The predicted octanol–water partition coefficient (Wildman–Crippen LogP) is 13.4. The van der Waals surface area contributed by atoms with Crippen molar-refractivity contribution in [2.24, 2.45) is 0 Å². The molecule has 2 aliphatic rings. The number of pyridine rings is 2. The van der Waals surface area contributed by atoms with Gasteiger partial charge in [-0.05, 0) is 167 Å². The number of benzene rings is 4. The fourth-order valence-corrected chi connectivity index (χ4v) is 9.89. The lowest BCUT2D eigenvalue weighted by molar-refractivity contribution is 0.00539. The zero-order valence-corrected chi connectivity index (χ0v) is 50.5. The second kappa shape index (κ2) is 26.4. The maximum absolute atomic E-state index is 13.8. The van der Waals surface area contributed by atoms with E-state index < -0.39 is 46.5 Å². The van der Waals surface area contributed by atoms with Crippen LogP contribution in [0.2, 0.25) is 0 Å². The lowest BCUT2D eigenvalue weighted by Crippen LogP contribution is -2.42. The maximum Gasteiger partial charge on any atom is 0.410 e. The number of likely N-dealkylation sites (tertiary alicyclic amines) is 2. The smallest absolute Gasteiger partial charge is 0.410 e. The van der Waals surface area contributed by atoms with Crippen LogP contribution in [0.25, 0.3) is 22.5 Å². The van der Waals surface area contributed by atoms with Crippen LogP contribution in [-0.2, 0) is 32.2 Å². The monoisotopic (exact) mass is 1150 g/mol. The van der Waals surface area contributed by atoms with Crippen molar-refractivity contribution in [1.82, 2.24) is 19.8 Å². The predicted molar refractivity (Wildman–Crippen MR) is 323 cm³/mol. The summed E-state index contributed by atoms with van der Waals surface area (Å²) < 4.78 is 35.5. The standard InChI is InChI=1S/C40H47N3O6.C26H35N3O6/c1-39(2,3)48-37(44)34-30(29-19-14-22-43(24-29)38(45)49-40(4,5)6)23-31(42-36(34)41)35-32(46-25-27-15-9-7-10-16-27)20-13-21-33(35)47-26-28-17-11-8-12-18-28;1-25(2,3)34-23(32)20-16(15-9-8-12-29(14-15)24(33)35-26(4,5)6)13-17(28-22(20)27)21-18(30)10-7-11-19(21)31/h7-13,15-18,20-21,23,29H,14,19,22,24-26H2,1-6H3,(H2,41,42);7,10-11,13,15,30-31H,8-9,12,14H2,1-6H3,(H2,27,28). The van der Waals surface area contributed by atoms with Crippen LogP contribution in [0.15, 0.2) is 109 Å². The molecule has 2 atom stereocenters. The average Bonchev–Trinajstić information content (AvgIpc) is 1.33. The Morgan fingerprint density at radius 1 is 0.500 bits per heavy atom. The molecular weight excluding hydrogens is 1070 g/mol. The second-order valence-electron chi connectivity index (χ2n) is 25.1. The van der Waals surface area contributed by atoms with Crippen LogP contribution in [0.4, 0.5) is 21.2 Å². The molecule has 0 radical (unpaired) electrons. The summed E-state index contributed by atoms with van der Waals surface area (Å²) in [6.07, 6.45) is 2.00. The number of nitrogens with two attached hydrogens (primary N) is 2. The molecule has 84 heavy (non-hydrogen) atoms. The van der Waals surface area contributed by atoms with E-state index in [1.807, 2.05) is 147 Å². The van der Waals surface area contributed by atoms with E-state index in [-0.39, 0.29) is 57.4 Å². The molecular formula is C66H82N6O12. The summed E-state index contributed by atoms with van der Waals surface area (Å²) in [4.78, 5) is 65.3. The Morgan fingerprint density at radius 2 is 0.857 bits per heavy atom. The van der Waals surface area contributed by atoms with Gasteiger partial charge >= 0.3 is 24.1 Å². The number of hydrogen-bond acceptors (Lipinski definition) is 16. The lowest BCUT2D eigenvalue weighted by Gasteiger charge is -2.35. The number of phenols is 2. The van der Waals surface area contributed by atoms with Crippen molar-refractivity contribution in [1.29, 1.82) is 0 Å². The summed E-state index contributed by atoms with van der Waals surface area (Å²) in [5.41, 5.74) is 15.1. The summed E-state index contributed by atoms with van der Waals surface area (Å²) in [6, 6.07) is 33.3. The van der Waals surface area contributed by atoms with Crippen molar-refractivity contribution >= 4 is 35.8 Å². The molecule has 6 N–H and O–H groups in total. The molecule has 2 aromatic heterocycles. The average molecular weight is 1150 g/mol. The fourth-order valence-electron chi connectivity index (χ4n) is 9.89. The van der Waals surface area contributed by atoms with E-state index >= 15 is 0 Å². The summed E-state index contributed by atoms with van der Waals surface area (Å²) >= 11 is 0. The van der Waals surface area contributed by atoms with Gasteiger partial charge in [-0.2, -0.15) is 0 Å². The topological polar surface area (TPSA) is 248 Å². The van der Waals surface area contributed by atoms with Crippen molar-refractivity contribution < 1.29 is 57.8 Å². The third-order valence-electron chi connectivity index (χ3n) is 13.4. The fraction of sp³-hybridized carbons (Fsp3) is 0.424. The molecule has 0 aliphatic carbocycles. The Hall–Kier alpha value is -8.54. The number of nitrogen functional groups attached to an aromatic ring is 2. The number of esters is 2. The highest BCUT2D eigenvalue weighted by atomic mass is 16.6. The molecule has 2 unspecified atom stereocenters. The number of amides is 2. The Balaban J connectivity index is 0.000000255. The quantitative estimate of drug-likeness (QED) is 0.0657. The summed E-state index contributed by atoms with van der Waals surface area (Å²) in [7, 11) is 0. The van der Waals surface area contributed by atoms with E-state index in [4.69, 9.17) is 44.9 Å². The number of phenolic OH excluding ortho intramolecular Hbond substituents is 2. The van der Waals surface area contributed by atoms with Crippen LogP contribution in [0.5, 0.6) is 23.0 Å². The van der Waals surface area contributed by atoms with E-state index in [1.165, 1.54) is 18.2 Å². The normalized spacial score (nSPS) is 15.7. The molecule has 4 heterocycles. The Bertz CT molecular complexity index is 3210. The zero-order chi connectivity index (χ0) is 61.3. The number of aromatic nitrogens is 2. The van der Waals surface area contributed by atoms with Crippen LogP contribution in [-0.4, -0.2) is 103 Å². The highest BCUT2D eigenvalue weighted by Gasteiger charge is 2.36. The summed E-state index contributed by atoms with van der Waals surface area (Å²) in [6.45, 7) is 24.0. The number of aromatic hydroxyl groups is 2. The minimum atomic E-state index is -0.759. The van der Waals surface area contributed by atoms with Crippen molar-refractivity contribution in [2.45, 2.75) is 156 Å². The first-order chi connectivity index (χ1) is 39.4. The van der Waals surface area contributed by atoms with Gasteiger partial charge in [0.1, 0.15) is 81.4 Å². The molecule has 18 nitrogen and oxygen atoms in total. The van der Waals surface area contributed by atoms with Gasteiger partial charge in [-0.1, -0.05) is 72.8 Å². The SMILES string of the molecule is CC(C)(C)OC(=O)c1c(C2CCCN(C(=O)OC(C)(C)C)C2)cc(-c2c(O)cccc2O)nc1N.CC(C)(C)OC(=O)c1c(C2CCCN(C(=O)OC(C)(C)C)C2)cc(-c2c(OCc3ccccc3)cccc2OCc2ccccc2)nc1N. The number of carbonyl (C=O) groups is 4. The number of nitrogens with zero attached hydrogens (tertiary/aromatic N) is 4. The van der Waals surface area contributed by atoms with E-state index in [2.05, 4.69) is 4.98 Å². The minimum absolute atomic E-state index is 0.0306. The van der Waals surface area contributed by atoms with Gasteiger partial charge in [-0.15, -0.1) is 0 Å². The molecule has 0 bridgehead atoms. The van der Waals surface area contributed by atoms with Gasteiger partial charge in [0.15, 0.2) is 0 Å². The van der Waals surface area contributed by atoms with E-state index in [9.17, 15) is 29.4 Å². The minimum Gasteiger partial charge on any atom is -0.507 e. The number of rotatable bonds is 12. The van der Waals surface area contributed by atoms with Gasteiger partial charge in [-0.3, -0.25) is 0 Å². The van der Waals surface area contributed by atoms with Gasteiger partial charge in [0.25, 0.3) is 0 Å². The number of hydrogen-bond donors (Lipinski definition) is 4. The Kier molecular flexibility index (Phi) is 19.8. The van der Waals surface area contributed by atoms with E-state index in [0.717, 1.165) is 24.0 Å². The number of carbonyl (C=O) groups excluding carboxylic acids is 4. The van der Waals surface area contributed by atoms with Crippen molar-refractivity contribution in [3.8, 4) is 45.5 Å². The molecule has 0 spiro atoms. The molecule has 2 saturated heterocycles. The van der Waals surface area contributed by atoms with Crippen LogP contribution in [0.1, 0.15) is 164 Å². The number of ether oxygens (including phenoxy) is 6. The first-order valence-electron chi connectivity index (χ1n) is 28.4. The van der Waals surface area contributed by atoms with E-state index in [0.29, 0.717) is 86.1 Å². The first-order valence-corrected chi connectivity index (χ1v) is 28.4. The second-order valence-corrected chi connectivity index (χ2v) is 25.1. The van der Waals surface area contributed by atoms with Crippen LogP contribution in [0.3, 0.4) is 0 Å². The first kappa shape index (κ1) is 63.0. The molecule has 2 amide bonds.